The maximum Gasteiger partial charge on any atom is 0.251 e. The molecular formula is C17H17BrN2O2. The van der Waals surface area contributed by atoms with E-state index in [0.29, 0.717) is 5.56 Å². The zero-order valence-corrected chi connectivity index (χ0v) is 14.0. The molecule has 0 bridgehead atoms. The number of hydrogen-bond donors (Lipinski definition) is 2. The van der Waals surface area contributed by atoms with Crippen LogP contribution in [0, 0.1) is 13.8 Å². The fourth-order valence-corrected chi connectivity index (χ4v) is 2.15. The van der Waals surface area contributed by atoms with Crippen molar-refractivity contribution in [2.45, 2.75) is 13.8 Å². The van der Waals surface area contributed by atoms with Crippen molar-refractivity contribution in [2.75, 3.05) is 11.9 Å². The summed E-state index contributed by atoms with van der Waals surface area (Å²) < 4.78 is 0.900. The summed E-state index contributed by atoms with van der Waals surface area (Å²) in [5.41, 5.74) is 3.52. The van der Waals surface area contributed by atoms with Gasteiger partial charge >= 0.3 is 0 Å². The Morgan fingerprint density at radius 1 is 1.00 bits per heavy atom. The van der Waals surface area contributed by atoms with Crippen LogP contribution >= 0.6 is 15.9 Å². The van der Waals surface area contributed by atoms with E-state index in [9.17, 15) is 9.59 Å². The third kappa shape index (κ3) is 4.43. The summed E-state index contributed by atoms with van der Waals surface area (Å²) >= 11 is 3.31. The van der Waals surface area contributed by atoms with Crippen LogP contribution in [-0.2, 0) is 4.79 Å². The minimum atomic E-state index is -0.275. The van der Waals surface area contributed by atoms with Crippen LogP contribution < -0.4 is 10.6 Å². The van der Waals surface area contributed by atoms with Crippen molar-refractivity contribution in [3.8, 4) is 0 Å². The lowest BCUT2D eigenvalue weighted by Crippen LogP contribution is -2.32. The van der Waals surface area contributed by atoms with Gasteiger partial charge in [-0.1, -0.05) is 22.0 Å². The van der Waals surface area contributed by atoms with E-state index in [1.807, 2.05) is 32.0 Å². The second kappa shape index (κ2) is 7.22. The summed E-state index contributed by atoms with van der Waals surface area (Å²) in [6, 6.07) is 12.7. The van der Waals surface area contributed by atoms with Crippen LogP contribution in [-0.4, -0.2) is 18.4 Å². The first-order valence-corrected chi connectivity index (χ1v) is 7.66. The SMILES string of the molecule is Cc1ccc(NC(=O)CNC(=O)c2ccc(Br)cc2)cc1C. The Morgan fingerprint density at radius 2 is 1.68 bits per heavy atom. The zero-order valence-electron chi connectivity index (χ0n) is 12.4. The Balaban J connectivity index is 1.88. The molecule has 2 amide bonds. The number of hydrogen-bond acceptors (Lipinski definition) is 2. The molecule has 2 rings (SSSR count). The van der Waals surface area contributed by atoms with Gasteiger partial charge in [0.2, 0.25) is 5.91 Å². The van der Waals surface area contributed by atoms with Crippen molar-refractivity contribution in [2.24, 2.45) is 0 Å². The highest BCUT2D eigenvalue weighted by atomic mass is 79.9. The number of halogens is 1. The maximum atomic E-state index is 11.9. The first-order chi connectivity index (χ1) is 10.5. The number of carbonyl (C=O) groups is 2. The van der Waals surface area contributed by atoms with Crippen molar-refractivity contribution >= 4 is 33.4 Å². The van der Waals surface area contributed by atoms with Gasteiger partial charge in [0, 0.05) is 15.7 Å². The number of amides is 2. The van der Waals surface area contributed by atoms with E-state index in [-0.39, 0.29) is 18.4 Å². The molecule has 2 aromatic rings. The molecular weight excluding hydrogens is 344 g/mol. The fraction of sp³-hybridized carbons (Fsp3) is 0.176. The minimum Gasteiger partial charge on any atom is -0.343 e. The van der Waals surface area contributed by atoms with Gasteiger partial charge in [0.25, 0.3) is 5.91 Å². The van der Waals surface area contributed by atoms with Crippen LogP contribution in [0.3, 0.4) is 0 Å². The molecule has 0 heterocycles. The Bertz CT molecular complexity index is 696. The molecule has 2 N–H and O–H groups in total. The van der Waals surface area contributed by atoms with E-state index in [4.69, 9.17) is 0 Å². The lowest BCUT2D eigenvalue weighted by atomic mass is 10.1. The molecule has 0 saturated heterocycles. The number of nitrogens with one attached hydrogen (secondary N) is 2. The molecule has 0 aliphatic carbocycles. The van der Waals surface area contributed by atoms with Gasteiger partial charge in [-0.3, -0.25) is 9.59 Å². The summed E-state index contributed by atoms with van der Waals surface area (Å²) in [5.74, 6) is -0.531. The van der Waals surface area contributed by atoms with E-state index < -0.39 is 0 Å². The normalized spacial score (nSPS) is 10.1. The quantitative estimate of drug-likeness (QED) is 0.877. The highest BCUT2D eigenvalue weighted by Gasteiger charge is 2.08. The van der Waals surface area contributed by atoms with Gasteiger partial charge in [-0.05, 0) is 61.4 Å². The number of rotatable bonds is 4. The monoisotopic (exact) mass is 360 g/mol. The van der Waals surface area contributed by atoms with E-state index >= 15 is 0 Å². The molecule has 0 aliphatic heterocycles. The Labute approximate surface area is 138 Å². The van der Waals surface area contributed by atoms with Gasteiger partial charge in [-0.25, -0.2) is 0 Å². The predicted molar refractivity (Wildman–Crippen MR) is 91.0 cm³/mol. The van der Waals surface area contributed by atoms with Crippen LogP contribution in [0.15, 0.2) is 46.9 Å². The highest BCUT2D eigenvalue weighted by molar-refractivity contribution is 9.10. The molecule has 2 aromatic carbocycles. The molecule has 0 saturated carbocycles. The molecule has 4 nitrogen and oxygen atoms in total. The second-order valence-electron chi connectivity index (χ2n) is 5.04. The molecule has 0 aromatic heterocycles. The molecule has 22 heavy (non-hydrogen) atoms. The number of anilines is 1. The first-order valence-electron chi connectivity index (χ1n) is 6.86. The molecule has 114 valence electrons. The zero-order chi connectivity index (χ0) is 16.1. The molecule has 0 spiro atoms. The van der Waals surface area contributed by atoms with Crippen LogP contribution in [0.5, 0.6) is 0 Å². The summed E-state index contributed by atoms with van der Waals surface area (Å²) in [5, 5.41) is 5.36. The predicted octanol–water partition coefficient (Wildman–Crippen LogP) is 3.43. The van der Waals surface area contributed by atoms with E-state index in [1.54, 1.807) is 24.3 Å². The lowest BCUT2D eigenvalue weighted by molar-refractivity contribution is -0.115. The fourth-order valence-electron chi connectivity index (χ4n) is 1.89. The van der Waals surface area contributed by atoms with Gasteiger partial charge in [-0.2, -0.15) is 0 Å². The Morgan fingerprint density at radius 3 is 2.32 bits per heavy atom. The van der Waals surface area contributed by atoms with Crippen molar-refractivity contribution in [1.82, 2.24) is 5.32 Å². The topological polar surface area (TPSA) is 58.2 Å². The largest absolute Gasteiger partial charge is 0.343 e. The molecule has 0 fully saturated rings. The van der Waals surface area contributed by atoms with E-state index in [0.717, 1.165) is 15.7 Å². The van der Waals surface area contributed by atoms with Crippen molar-refractivity contribution in [3.05, 3.63) is 63.6 Å². The smallest absolute Gasteiger partial charge is 0.251 e. The molecule has 0 atom stereocenters. The van der Waals surface area contributed by atoms with Gasteiger partial charge in [0.1, 0.15) is 0 Å². The van der Waals surface area contributed by atoms with Gasteiger partial charge in [-0.15, -0.1) is 0 Å². The van der Waals surface area contributed by atoms with Crippen LogP contribution in [0.2, 0.25) is 0 Å². The molecule has 0 aliphatic rings. The van der Waals surface area contributed by atoms with Gasteiger partial charge in [0.05, 0.1) is 6.54 Å². The Hall–Kier alpha value is -2.14. The summed E-state index contributed by atoms with van der Waals surface area (Å²) in [7, 11) is 0. The maximum absolute atomic E-state index is 11.9. The highest BCUT2D eigenvalue weighted by Crippen LogP contribution is 2.14. The average Bonchev–Trinajstić information content (AvgIpc) is 2.49. The van der Waals surface area contributed by atoms with E-state index in [1.165, 1.54) is 5.56 Å². The standard InChI is InChI=1S/C17H17BrN2O2/c1-11-3-8-15(9-12(11)2)20-16(21)10-19-17(22)13-4-6-14(18)7-5-13/h3-9H,10H2,1-2H3,(H,19,22)(H,20,21). The van der Waals surface area contributed by atoms with Crippen LogP contribution in [0.1, 0.15) is 21.5 Å². The van der Waals surface area contributed by atoms with Gasteiger partial charge < -0.3 is 10.6 Å². The van der Waals surface area contributed by atoms with Crippen molar-refractivity contribution < 1.29 is 9.59 Å². The second-order valence-corrected chi connectivity index (χ2v) is 5.95. The van der Waals surface area contributed by atoms with E-state index in [2.05, 4.69) is 26.6 Å². The number of benzene rings is 2. The lowest BCUT2D eigenvalue weighted by Gasteiger charge is -2.09. The van der Waals surface area contributed by atoms with Crippen molar-refractivity contribution in [3.63, 3.8) is 0 Å². The third-order valence-electron chi connectivity index (χ3n) is 3.31. The van der Waals surface area contributed by atoms with Gasteiger partial charge in [0.15, 0.2) is 0 Å². The summed E-state index contributed by atoms with van der Waals surface area (Å²) in [6.45, 7) is 3.93. The Kier molecular flexibility index (Phi) is 5.33. The minimum absolute atomic E-state index is 0.0676. The summed E-state index contributed by atoms with van der Waals surface area (Å²) in [4.78, 5) is 23.8. The number of carbonyl (C=O) groups excluding carboxylic acids is 2. The van der Waals surface area contributed by atoms with Crippen LogP contribution in [0.25, 0.3) is 0 Å². The molecule has 0 unspecified atom stereocenters. The van der Waals surface area contributed by atoms with Crippen molar-refractivity contribution in [1.29, 1.82) is 0 Å². The molecule has 0 radical (unpaired) electrons. The third-order valence-corrected chi connectivity index (χ3v) is 3.84. The number of aryl methyl sites for hydroxylation is 2. The average molecular weight is 361 g/mol. The first kappa shape index (κ1) is 16.2. The summed E-state index contributed by atoms with van der Waals surface area (Å²) in [6.07, 6.45) is 0. The van der Waals surface area contributed by atoms with Crippen LogP contribution in [0.4, 0.5) is 5.69 Å². The molecule has 5 heteroatoms.